The summed E-state index contributed by atoms with van der Waals surface area (Å²) in [7, 11) is 1.89. The van der Waals surface area contributed by atoms with Crippen molar-refractivity contribution >= 4 is 5.69 Å². The first kappa shape index (κ1) is 11.0. The molecule has 14 heavy (non-hydrogen) atoms. The first-order chi connectivity index (χ1) is 6.63. The lowest BCUT2D eigenvalue weighted by Gasteiger charge is -2.22. The summed E-state index contributed by atoms with van der Waals surface area (Å²) in [5.74, 6) is -0.0331. The monoisotopic (exact) mass is 197 g/mol. The molecule has 0 aliphatic carbocycles. The van der Waals surface area contributed by atoms with Crippen molar-refractivity contribution in [2.75, 3.05) is 25.1 Å². The molecule has 1 aromatic rings. The van der Waals surface area contributed by atoms with Crippen molar-refractivity contribution in [3.63, 3.8) is 0 Å². The quantitative estimate of drug-likeness (QED) is 0.796. The van der Waals surface area contributed by atoms with Gasteiger partial charge in [-0.2, -0.15) is 0 Å². The second-order valence-corrected chi connectivity index (χ2v) is 3.65. The summed E-state index contributed by atoms with van der Waals surface area (Å²) in [6.45, 7) is 2.83. The average molecular weight is 197 g/mol. The van der Waals surface area contributed by atoms with Crippen molar-refractivity contribution in [3.8, 4) is 0 Å². The minimum Gasteiger partial charge on any atom is -0.396 e. The first-order valence-electron chi connectivity index (χ1n) is 4.71. The lowest BCUT2D eigenvalue weighted by atomic mass is 10.2. The maximum absolute atomic E-state index is 12.9. The van der Waals surface area contributed by atoms with E-state index in [1.807, 2.05) is 24.9 Å². The van der Waals surface area contributed by atoms with Gasteiger partial charge in [0, 0.05) is 25.9 Å². The summed E-state index contributed by atoms with van der Waals surface area (Å²) in [4.78, 5) is 1.93. The Morgan fingerprint density at radius 3 is 2.79 bits per heavy atom. The molecule has 1 N–H and O–H groups in total. The summed E-state index contributed by atoms with van der Waals surface area (Å²) in [6, 6.07) is 6.45. The zero-order valence-corrected chi connectivity index (χ0v) is 8.57. The molecule has 0 bridgehead atoms. The number of rotatable bonds is 4. The molecule has 78 valence electrons. The van der Waals surface area contributed by atoms with Gasteiger partial charge in [0.15, 0.2) is 0 Å². The van der Waals surface area contributed by atoms with Gasteiger partial charge >= 0.3 is 0 Å². The highest BCUT2D eigenvalue weighted by atomic mass is 19.1. The molecule has 2 nitrogen and oxygen atoms in total. The van der Waals surface area contributed by atoms with Crippen LogP contribution in [0.3, 0.4) is 0 Å². The molecule has 0 amide bonds. The third-order valence-electron chi connectivity index (χ3n) is 2.15. The van der Waals surface area contributed by atoms with Gasteiger partial charge in [0.2, 0.25) is 0 Å². The molecular weight excluding hydrogens is 181 g/mol. The molecule has 0 saturated heterocycles. The Balaban J connectivity index is 2.64. The fraction of sp³-hybridized carbons (Fsp3) is 0.455. The van der Waals surface area contributed by atoms with Crippen LogP contribution in [0.5, 0.6) is 0 Å². The predicted octanol–water partition coefficient (Wildman–Crippen LogP) is 1.89. The zero-order valence-electron chi connectivity index (χ0n) is 8.57. The standard InChI is InChI=1S/C11H16FNO/c1-9(8-14)7-13(2)11-5-3-4-10(12)6-11/h3-6,9,14H,7-8H2,1-2H3. The molecule has 1 atom stereocenters. The van der Waals surface area contributed by atoms with Crippen molar-refractivity contribution in [1.29, 1.82) is 0 Å². The summed E-state index contributed by atoms with van der Waals surface area (Å²) in [5, 5.41) is 8.88. The van der Waals surface area contributed by atoms with E-state index in [-0.39, 0.29) is 18.3 Å². The third-order valence-corrected chi connectivity index (χ3v) is 2.15. The van der Waals surface area contributed by atoms with E-state index >= 15 is 0 Å². The number of halogens is 1. The molecule has 0 radical (unpaired) electrons. The molecule has 0 saturated carbocycles. The predicted molar refractivity (Wildman–Crippen MR) is 55.9 cm³/mol. The molecule has 1 unspecified atom stereocenters. The Hall–Kier alpha value is -1.09. The SMILES string of the molecule is CC(CO)CN(C)c1cccc(F)c1. The van der Waals surface area contributed by atoms with E-state index in [0.717, 1.165) is 12.2 Å². The van der Waals surface area contributed by atoms with Crippen molar-refractivity contribution in [2.24, 2.45) is 5.92 Å². The van der Waals surface area contributed by atoms with Gasteiger partial charge < -0.3 is 10.0 Å². The number of aliphatic hydroxyl groups excluding tert-OH is 1. The van der Waals surface area contributed by atoms with E-state index in [2.05, 4.69) is 0 Å². The van der Waals surface area contributed by atoms with Crippen LogP contribution < -0.4 is 4.90 Å². The van der Waals surface area contributed by atoms with Gasteiger partial charge in [0.1, 0.15) is 5.82 Å². The van der Waals surface area contributed by atoms with Crippen molar-refractivity contribution < 1.29 is 9.50 Å². The number of nitrogens with zero attached hydrogens (tertiary/aromatic N) is 1. The van der Waals surface area contributed by atoms with Crippen LogP contribution in [0.2, 0.25) is 0 Å². The maximum Gasteiger partial charge on any atom is 0.125 e. The van der Waals surface area contributed by atoms with Crippen LogP contribution in [0.15, 0.2) is 24.3 Å². The topological polar surface area (TPSA) is 23.5 Å². The number of hydrogen-bond donors (Lipinski definition) is 1. The molecule has 0 fully saturated rings. The van der Waals surface area contributed by atoms with Crippen LogP contribution in [0.1, 0.15) is 6.92 Å². The molecule has 0 aliphatic heterocycles. The van der Waals surface area contributed by atoms with E-state index in [1.165, 1.54) is 12.1 Å². The molecule has 1 rings (SSSR count). The minimum atomic E-state index is -0.231. The molecular formula is C11H16FNO. The number of hydrogen-bond acceptors (Lipinski definition) is 2. The summed E-state index contributed by atoms with van der Waals surface area (Å²) >= 11 is 0. The lowest BCUT2D eigenvalue weighted by Crippen LogP contribution is -2.25. The van der Waals surface area contributed by atoms with Crippen LogP contribution >= 0.6 is 0 Å². The van der Waals surface area contributed by atoms with Crippen molar-refractivity contribution in [3.05, 3.63) is 30.1 Å². The van der Waals surface area contributed by atoms with E-state index in [9.17, 15) is 4.39 Å². The Morgan fingerprint density at radius 1 is 1.50 bits per heavy atom. The lowest BCUT2D eigenvalue weighted by molar-refractivity contribution is 0.240. The van der Waals surface area contributed by atoms with Crippen LogP contribution in [0.25, 0.3) is 0 Å². The van der Waals surface area contributed by atoms with E-state index < -0.39 is 0 Å². The highest BCUT2D eigenvalue weighted by Crippen LogP contribution is 2.14. The van der Waals surface area contributed by atoms with E-state index in [1.54, 1.807) is 6.07 Å². The Labute approximate surface area is 84.0 Å². The molecule has 0 spiro atoms. The van der Waals surface area contributed by atoms with Gasteiger partial charge in [0.05, 0.1) is 0 Å². The summed E-state index contributed by atoms with van der Waals surface area (Å²) < 4.78 is 12.9. The smallest absolute Gasteiger partial charge is 0.125 e. The van der Waals surface area contributed by atoms with E-state index in [0.29, 0.717) is 0 Å². The number of aliphatic hydroxyl groups is 1. The normalized spacial score (nSPS) is 12.6. The fourth-order valence-corrected chi connectivity index (χ4v) is 1.34. The Morgan fingerprint density at radius 2 is 2.21 bits per heavy atom. The second-order valence-electron chi connectivity index (χ2n) is 3.65. The van der Waals surface area contributed by atoms with Gasteiger partial charge in [0.25, 0.3) is 0 Å². The zero-order chi connectivity index (χ0) is 10.6. The molecule has 0 aromatic heterocycles. The van der Waals surface area contributed by atoms with Crippen molar-refractivity contribution in [1.82, 2.24) is 0 Å². The van der Waals surface area contributed by atoms with Crippen LogP contribution in [-0.2, 0) is 0 Å². The Kier molecular flexibility index (Phi) is 3.89. The number of anilines is 1. The van der Waals surface area contributed by atoms with Crippen molar-refractivity contribution in [2.45, 2.75) is 6.92 Å². The third kappa shape index (κ3) is 3.00. The highest BCUT2D eigenvalue weighted by Gasteiger charge is 2.06. The van der Waals surface area contributed by atoms with Crippen LogP contribution in [0.4, 0.5) is 10.1 Å². The van der Waals surface area contributed by atoms with Gasteiger partial charge in [-0.1, -0.05) is 13.0 Å². The van der Waals surface area contributed by atoms with Crippen LogP contribution in [0, 0.1) is 11.7 Å². The van der Waals surface area contributed by atoms with Crippen LogP contribution in [-0.4, -0.2) is 25.3 Å². The highest BCUT2D eigenvalue weighted by molar-refractivity contribution is 5.45. The molecule has 0 heterocycles. The molecule has 0 aliphatic rings. The largest absolute Gasteiger partial charge is 0.396 e. The summed E-state index contributed by atoms with van der Waals surface area (Å²) in [6.07, 6.45) is 0. The van der Waals surface area contributed by atoms with Gasteiger partial charge in [-0.25, -0.2) is 4.39 Å². The van der Waals surface area contributed by atoms with Gasteiger partial charge in [-0.15, -0.1) is 0 Å². The minimum absolute atomic E-state index is 0.152. The second kappa shape index (κ2) is 4.96. The maximum atomic E-state index is 12.9. The Bertz CT molecular complexity index is 290. The molecule has 1 aromatic carbocycles. The van der Waals surface area contributed by atoms with E-state index in [4.69, 9.17) is 5.11 Å². The average Bonchev–Trinajstić information content (AvgIpc) is 2.17. The van der Waals surface area contributed by atoms with Gasteiger partial charge in [-0.05, 0) is 24.1 Å². The van der Waals surface area contributed by atoms with Gasteiger partial charge in [-0.3, -0.25) is 0 Å². The molecule has 3 heteroatoms. The summed E-state index contributed by atoms with van der Waals surface area (Å²) in [5.41, 5.74) is 0.838. The number of benzene rings is 1. The first-order valence-corrected chi connectivity index (χ1v) is 4.71. The fourth-order valence-electron chi connectivity index (χ4n) is 1.34.